The van der Waals surface area contributed by atoms with Gasteiger partial charge in [-0.15, -0.1) is 0 Å². The molecule has 6 heteroatoms. The second-order valence-electron chi connectivity index (χ2n) is 5.64. The van der Waals surface area contributed by atoms with Crippen LogP contribution in [0.3, 0.4) is 0 Å². The lowest BCUT2D eigenvalue weighted by Crippen LogP contribution is -2.66. The van der Waals surface area contributed by atoms with E-state index in [2.05, 4.69) is 0 Å². The van der Waals surface area contributed by atoms with E-state index in [1.54, 1.807) is 27.7 Å². The van der Waals surface area contributed by atoms with Crippen molar-refractivity contribution in [1.82, 2.24) is 0 Å². The van der Waals surface area contributed by atoms with E-state index < -0.39 is 36.0 Å². The molecule has 2 saturated heterocycles. The zero-order chi connectivity index (χ0) is 13.6. The molecule has 0 aromatic rings. The van der Waals surface area contributed by atoms with Crippen LogP contribution in [-0.4, -0.2) is 59.4 Å². The number of aliphatic hydroxyl groups excluding tert-OH is 2. The van der Waals surface area contributed by atoms with Gasteiger partial charge in [0, 0.05) is 0 Å². The lowest BCUT2D eigenvalue weighted by Gasteiger charge is -2.53. The summed E-state index contributed by atoms with van der Waals surface area (Å²) in [6, 6.07) is 0. The monoisotopic (exact) mass is 262 g/mol. The molecule has 0 spiro atoms. The summed E-state index contributed by atoms with van der Waals surface area (Å²) in [6.07, 6.45) is -1.89. The van der Waals surface area contributed by atoms with Crippen LogP contribution in [0.25, 0.3) is 0 Å². The van der Waals surface area contributed by atoms with Crippen molar-refractivity contribution in [2.75, 3.05) is 13.2 Å². The van der Waals surface area contributed by atoms with E-state index in [0.29, 0.717) is 0 Å². The predicted octanol–water partition coefficient (Wildman–Crippen LogP) is 0.0112. The molecule has 0 radical (unpaired) electrons. The minimum absolute atomic E-state index is 0.164. The number of aliphatic hydroxyl groups is 2. The Bertz CT molecular complexity index is 273. The minimum atomic E-state index is -0.837. The van der Waals surface area contributed by atoms with Gasteiger partial charge in [0.05, 0.1) is 13.2 Å². The third-order valence-electron chi connectivity index (χ3n) is 3.13. The zero-order valence-corrected chi connectivity index (χ0v) is 11.3. The highest BCUT2D eigenvalue weighted by molar-refractivity contribution is 4.94. The van der Waals surface area contributed by atoms with Gasteiger partial charge in [-0.25, -0.2) is 0 Å². The Morgan fingerprint density at radius 3 is 1.33 bits per heavy atom. The Kier molecular flexibility index (Phi) is 3.70. The highest BCUT2D eigenvalue weighted by atomic mass is 16.8. The number of hydrogen-bond donors (Lipinski definition) is 2. The molecule has 4 atom stereocenters. The molecule has 6 nitrogen and oxygen atoms in total. The van der Waals surface area contributed by atoms with E-state index in [-0.39, 0.29) is 13.2 Å². The molecule has 0 aromatic heterocycles. The van der Waals surface area contributed by atoms with Gasteiger partial charge in [-0.05, 0) is 27.7 Å². The maximum atomic E-state index is 9.43. The van der Waals surface area contributed by atoms with Gasteiger partial charge < -0.3 is 29.2 Å². The van der Waals surface area contributed by atoms with Crippen LogP contribution in [0.5, 0.6) is 0 Å². The smallest absolute Gasteiger partial charge is 0.164 e. The summed E-state index contributed by atoms with van der Waals surface area (Å²) in [4.78, 5) is 0. The Balaban J connectivity index is 2.24. The van der Waals surface area contributed by atoms with Crippen LogP contribution in [-0.2, 0) is 18.9 Å². The van der Waals surface area contributed by atoms with E-state index in [0.717, 1.165) is 0 Å². The van der Waals surface area contributed by atoms with E-state index in [1.807, 2.05) is 0 Å². The van der Waals surface area contributed by atoms with Crippen LogP contribution in [0.1, 0.15) is 27.7 Å². The van der Waals surface area contributed by atoms with Crippen molar-refractivity contribution in [1.29, 1.82) is 0 Å². The lowest BCUT2D eigenvalue weighted by molar-refractivity contribution is -0.426. The highest BCUT2D eigenvalue weighted by Crippen LogP contribution is 2.38. The van der Waals surface area contributed by atoms with Crippen molar-refractivity contribution in [2.45, 2.75) is 63.7 Å². The topological polar surface area (TPSA) is 77.4 Å². The molecule has 2 N–H and O–H groups in total. The summed E-state index contributed by atoms with van der Waals surface area (Å²) in [5, 5.41) is 18.9. The van der Waals surface area contributed by atoms with Crippen molar-refractivity contribution < 1.29 is 29.2 Å². The summed E-state index contributed by atoms with van der Waals surface area (Å²) < 4.78 is 22.8. The van der Waals surface area contributed by atoms with Gasteiger partial charge in [0.2, 0.25) is 0 Å². The Morgan fingerprint density at radius 2 is 1.06 bits per heavy atom. The maximum absolute atomic E-state index is 9.43. The van der Waals surface area contributed by atoms with Gasteiger partial charge in [0.1, 0.15) is 24.4 Å². The molecule has 0 amide bonds. The first-order valence-electron chi connectivity index (χ1n) is 6.21. The first kappa shape index (κ1) is 14.2. The quantitative estimate of drug-likeness (QED) is 0.730. The summed E-state index contributed by atoms with van der Waals surface area (Å²) in [5.74, 6) is -1.67. The van der Waals surface area contributed by atoms with Crippen LogP contribution in [0, 0.1) is 0 Å². The Hall–Kier alpha value is -0.240. The normalized spacial score (nSPS) is 42.3. The van der Waals surface area contributed by atoms with Crippen LogP contribution < -0.4 is 0 Å². The highest BCUT2D eigenvalue weighted by Gasteiger charge is 2.53. The molecular weight excluding hydrogens is 240 g/mol. The van der Waals surface area contributed by atoms with Crippen LogP contribution in [0.15, 0.2) is 0 Å². The van der Waals surface area contributed by atoms with Crippen molar-refractivity contribution in [3.8, 4) is 0 Å². The number of fused-ring (bicyclic) bond motifs is 1. The average Bonchev–Trinajstić information content (AvgIpc) is 2.26. The largest absolute Gasteiger partial charge is 0.394 e. The van der Waals surface area contributed by atoms with Gasteiger partial charge in [0.25, 0.3) is 0 Å². The molecule has 0 aliphatic carbocycles. The lowest BCUT2D eigenvalue weighted by atomic mass is 9.98. The summed E-state index contributed by atoms with van der Waals surface area (Å²) >= 11 is 0. The molecule has 0 bridgehead atoms. The molecule has 0 saturated carbocycles. The zero-order valence-electron chi connectivity index (χ0n) is 11.3. The van der Waals surface area contributed by atoms with Crippen LogP contribution in [0.4, 0.5) is 0 Å². The Morgan fingerprint density at radius 1 is 0.722 bits per heavy atom. The first-order valence-corrected chi connectivity index (χ1v) is 6.21. The van der Waals surface area contributed by atoms with E-state index >= 15 is 0 Å². The molecule has 2 fully saturated rings. The maximum Gasteiger partial charge on any atom is 0.164 e. The summed E-state index contributed by atoms with van der Waals surface area (Å²) in [7, 11) is 0. The van der Waals surface area contributed by atoms with Gasteiger partial charge in [-0.2, -0.15) is 0 Å². The van der Waals surface area contributed by atoms with Gasteiger partial charge in [-0.3, -0.25) is 0 Å². The molecule has 2 rings (SSSR count). The molecule has 18 heavy (non-hydrogen) atoms. The fourth-order valence-electron chi connectivity index (χ4n) is 2.57. The molecule has 2 aliphatic heterocycles. The molecule has 2 aliphatic rings. The second-order valence-corrected chi connectivity index (χ2v) is 5.64. The van der Waals surface area contributed by atoms with Crippen molar-refractivity contribution >= 4 is 0 Å². The van der Waals surface area contributed by atoms with E-state index in [4.69, 9.17) is 18.9 Å². The SMILES string of the molecule is CC1(C)OC(CO)C2OC(C)(C)OC(CO)C2O1. The number of hydrogen-bond acceptors (Lipinski definition) is 6. The van der Waals surface area contributed by atoms with Gasteiger partial charge >= 0.3 is 0 Å². The third kappa shape index (κ3) is 2.68. The first-order chi connectivity index (χ1) is 8.28. The molecule has 4 unspecified atom stereocenters. The van der Waals surface area contributed by atoms with Crippen LogP contribution >= 0.6 is 0 Å². The second kappa shape index (κ2) is 4.70. The minimum Gasteiger partial charge on any atom is -0.394 e. The fraction of sp³-hybridized carbons (Fsp3) is 1.00. The van der Waals surface area contributed by atoms with Crippen molar-refractivity contribution in [3.63, 3.8) is 0 Å². The third-order valence-corrected chi connectivity index (χ3v) is 3.13. The summed E-state index contributed by atoms with van der Waals surface area (Å²) in [5.41, 5.74) is 0. The van der Waals surface area contributed by atoms with Gasteiger partial charge in [0.15, 0.2) is 11.6 Å². The van der Waals surface area contributed by atoms with Gasteiger partial charge in [-0.1, -0.05) is 0 Å². The van der Waals surface area contributed by atoms with E-state index in [9.17, 15) is 10.2 Å². The molecule has 2 heterocycles. The van der Waals surface area contributed by atoms with E-state index in [1.165, 1.54) is 0 Å². The van der Waals surface area contributed by atoms with Crippen LogP contribution in [0.2, 0.25) is 0 Å². The average molecular weight is 262 g/mol. The number of ether oxygens (including phenoxy) is 4. The Labute approximate surface area is 107 Å². The fourth-order valence-corrected chi connectivity index (χ4v) is 2.57. The summed E-state index contributed by atoms with van der Waals surface area (Å²) in [6.45, 7) is 6.73. The van der Waals surface area contributed by atoms with Crippen molar-refractivity contribution in [3.05, 3.63) is 0 Å². The molecular formula is C12H22O6. The molecule has 106 valence electrons. The molecule has 0 aromatic carbocycles. The van der Waals surface area contributed by atoms with Crippen molar-refractivity contribution in [2.24, 2.45) is 0 Å². The predicted molar refractivity (Wildman–Crippen MR) is 61.8 cm³/mol. The standard InChI is InChI=1S/C12H22O6/c1-11(2)15-7(5-13)10-9(17-11)8(6-14)16-12(3,4)18-10/h7-10,13-14H,5-6H2,1-4H3. The number of rotatable bonds is 2.